The molecule has 1 aromatic rings. The fourth-order valence-electron chi connectivity index (χ4n) is 2.27. The monoisotopic (exact) mass is 287 g/mol. The van der Waals surface area contributed by atoms with Gasteiger partial charge in [-0.2, -0.15) is 5.10 Å². The Balaban J connectivity index is 2.59. The van der Waals surface area contributed by atoms with Crippen molar-refractivity contribution >= 4 is 10.0 Å². The van der Waals surface area contributed by atoms with Crippen LogP contribution in [0.15, 0.2) is 12.3 Å². The van der Waals surface area contributed by atoms with E-state index < -0.39 is 10.0 Å². The Kier molecular flexibility index (Phi) is 5.15. The molecular weight excluding hydrogens is 262 g/mol. The van der Waals surface area contributed by atoms with Gasteiger partial charge in [0, 0.05) is 19.8 Å². The van der Waals surface area contributed by atoms with Crippen LogP contribution in [0.2, 0.25) is 0 Å². The standard InChI is InChI=1S/C13H25N3O2S/c1-11(2)8-13(3,4)10-15-19(17,18)9-12-6-7-14-16(12)5/h6-7,11,15H,8-10H2,1-5H3. The molecule has 0 amide bonds. The summed E-state index contributed by atoms with van der Waals surface area (Å²) < 4.78 is 28.3. The van der Waals surface area contributed by atoms with Crippen molar-refractivity contribution < 1.29 is 8.42 Å². The molecule has 6 heteroatoms. The Hall–Kier alpha value is -0.880. The molecule has 0 radical (unpaired) electrons. The maximum Gasteiger partial charge on any atom is 0.217 e. The van der Waals surface area contributed by atoms with Crippen LogP contribution in [0.1, 0.15) is 39.8 Å². The molecule has 0 aliphatic heterocycles. The van der Waals surface area contributed by atoms with Gasteiger partial charge in [0.05, 0.1) is 5.69 Å². The highest BCUT2D eigenvalue weighted by Crippen LogP contribution is 2.24. The van der Waals surface area contributed by atoms with E-state index in [2.05, 4.69) is 37.5 Å². The Morgan fingerprint density at radius 2 is 2.05 bits per heavy atom. The molecule has 0 aliphatic rings. The van der Waals surface area contributed by atoms with Crippen molar-refractivity contribution in [3.8, 4) is 0 Å². The lowest BCUT2D eigenvalue weighted by atomic mass is 9.84. The van der Waals surface area contributed by atoms with Gasteiger partial charge in [0.15, 0.2) is 0 Å². The predicted molar refractivity (Wildman–Crippen MR) is 77.1 cm³/mol. The quantitative estimate of drug-likeness (QED) is 0.833. The largest absolute Gasteiger partial charge is 0.272 e. The van der Waals surface area contributed by atoms with Crippen LogP contribution < -0.4 is 4.72 Å². The van der Waals surface area contributed by atoms with Gasteiger partial charge < -0.3 is 0 Å². The average Bonchev–Trinajstić information content (AvgIpc) is 2.60. The van der Waals surface area contributed by atoms with E-state index in [9.17, 15) is 8.42 Å². The molecule has 0 atom stereocenters. The summed E-state index contributed by atoms with van der Waals surface area (Å²) >= 11 is 0. The summed E-state index contributed by atoms with van der Waals surface area (Å²) in [5, 5.41) is 3.97. The first-order valence-corrected chi connectivity index (χ1v) is 8.21. The number of rotatable bonds is 7. The van der Waals surface area contributed by atoms with E-state index >= 15 is 0 Å². The van der Waals surface area contributed by atoms with Gasteiger partial charge in [0.1, 0.15) is 5.75 Å². The zero-order valence-corrected chi connectivity index (χ0v) is 13.3. The third-order valence-electron chi connectivity index (χ3n) is 2.99. The van der Waals surface area contributed by atoms with Crippen LogP contribution in [0.25, 0.3) is 0 Å². The molecule has 0 aliphatic carbocycles. The number of hydrogen-bond donors (Lipinski definition) is 1. The Bertz CT molecular complexity index is 504. The fourth-order valence-corrected chi connectivity index (χ4v) is 3.66. The molecule has 0 saturated carbocycles. The highest BCUT2D eigenvalue weighted by Gasteiger charge is 2.23. The lowest BCUT2D eigenvalue weighted by Crippen LogP contribution is -2.35. The van der Waals surface area contributed by atoms with Crippen molar-refractivity contribution in [3.05, 3.63) is 18.0 Å². The van der Waals surface area contributed by atoms with Gasteiger partial charge in [-0.15, -0.1) is 0 Å². The summed E-state index contributed by atoms with van der Waals surface area (Å²) in [6, 6.07) is 1.72. The van der Waals surface area contributed by atoms with E-state index in [0.717, 1.165) is 6.42 Å². The van der Waals surface area contributed by atoms with Crippen molar-refractivity contribution in [1.82, 2.24) is 14.5 Å². The number of aromatic nitrogens is 2. The van der Waals surface area contributed by atoms with E-state index in [1.54, 1.807) is 24.0 Å². The van der Waals surface area contributed by atoms with Crippen molar-refractivity contribution in [1.29, 1.82) is 0 Å². The number of nitrogens with zero attached hydrogens (tertiary/aromatic N) is 2. The molecule has 0 fully saturated rings. The zero-order chi connectivity index (χ0) is 14.7. The third kappa shape index (κ3) is 5.74. The minimum atomic E-state index is -3.31. The first-order chi connectivity index (χ1) is 8.61. The van der Waals surface area contributed by atoms with E-state index in [4.69, 9.17) is 0 Å². The highest BCUT2D eigenvalue weighted by atomic mass is 32.2. The summed E-state index contributed by atoms with van der Waals surface area (Å²) in [5.74, 6) is 0.526. The second kappa shape index (κ2) is 6.05. The minimum absolute atomic E-state index is 0.0265. The molecule has 0 spiro atoms. The predicted octanol–water partition coefficient (Wildman–Crippen LogP) is 1.91. The van der Waals surface area contributed by atoms with Gasteiger partial charge >= 0.3 is 0 Å². The van der Waals surface area contributed by atoms with Crippen molar-refractivity contribution in [2.24, 2.45) is 18.4 Å². The van der Waals surface area contributed by atoms with Gasteiger partial charge in [-0.05, 0) is 23.8 Å². The second-order valence-corrected chi connectivity index (χ2v) is 8.10. The summed E-state index contributed by atoms with van der Waals surface area (Å²) in [7, 11) is -1.56. The molecule has 0 bridgehead atoms. The number of sulfonamides is 1. The van der Waals surface area contributed by atoms with Crippen molar-refractivity contribution in [2.45, 2.75) is 39.9 Å². The topological polar surface area (TPSA) is 64.0 Å². The lowest BCUT2D eigenvalue weighted by Gasteiger charge is -2.26. The van der Waals surface area contributed by atoms with Gasteiger partial charge in [0.25, 0.3) is 0 Å². The van der Waals surface area contributed by atoms with Crippen LogP contribution in [0.5, 0.6) is 0 Å². The molecule has 110 valence electrons. The maximum atomic E-state index is 12.0. The van der Waals surface area contributed by atoms with E-state index in [-0.39, 0.29) is 11.2 Å². The van der Waals surface area contributed by atoms with Crippen molar-refractivity contribution in [2.75, 3.05) is 6.54 Å². The molecule has 5 nitrogen and oxygen atoms in total. The van der Waals surface area contributed by atoms with Gasteiger partial charge in [-0.25, -0.2) is 13.1 Å². The minimum Gasteiger partial charge on any atom is -0.272 e. The normalized spacial score (nSPS) is 13.2. The van der Waals surface area contributed by atoms with Crippen LogP contribution in [-0.2, 0) is 22.8 Å². The summed E-state index contributed by atoms with van der Waals surface area (Å²) in [6.45, 7) is 8.92. The highest BCUT2D eigenvalue weighted by molar-refractivity contribution is 7.88. The Morgan fingerprint density at radius 1 is 1.42 bits per heavy atom. The number of hydrogen-bond acceptors (Lipinski definition) is 3. The molecule has 1 rings (SSSR count). The molecule has 1 aromatic heterocycles. The van der Waals surface area contributed by atoms with Crippen LogP contribution in [0.4, 0.5) is 0 Å². The Morgan fingerprint density at radius 3 is 2.53 bits per heavy atom. The molecule has 0 saturated heterocycles. The Labute approximate surface area is 116 Å². The fraction of sp³-hybridized carbons (Fsp3) is 0.769. The molecule has 0 unspecified atom stereocenters. The zero-order valence-electron chi connectivity index (χ0n) is 12.5. The first-order valence-electron chi connectivity index (χ1n) is 6.55. The number of nitrogens with one attached hydrogen (secondary N) is 1. The lowest BCUT2D eigenvalue weighted by molar-refractivity contribution is 0.288. The van der Waals surface area contributed by atoms with Crippen LogP contribution >= 0.6 is 0 Å². The molecule has 1 N–H and O–H groups in total. The van der Waals surface area contributed by atoms with Crippen LogP contribution in [0.3, 0.4) is 0 Å². The van der Waals surface area contributed by atoms with Crippen molar-refractivity contribution in [3.63, 3.8) is 0 Å². The van der Waals surface area contributed by atoms with E-state index in [1.165, 1.54) is 0 Å². The molecular formula is C13H25N3O2S. The average molecular weight is 287 g/mol. The summed E-state index contributed by atoms with van der Waals surface area (Å²) in [5.41, 5.74) is 0.655. The molecule has 19 heavy (non-hydrogen) atoms. The van der Waals surface area contributed by atoms with E-state index in [0.29, 0.717) is 18.2 Å². The van der Waals surface area contributed by atoms with Crippen LogP contribution in [0, 0.1) is 11.3 Å². The SMILES string of the molecule is CC(C)CC(C)(C)CNS(=O)(=O)Cc1ccnn1C. The summed E-state index contributed by atoms with van der Waals surface area (Å²) in [4.78, 5) is 0. The first kappa shape index (κ1) is 16.2. The van der Waals surface area contributed by atoms with Gasteiger partial charge in [-0.3, -0.25) is 4.68 Å². The van der Waals surface area contributed by atoms with Crippen LogP contribution in [-0.4, -0.2) is 24.7 Å². The third-order valence-corrected chi connectivity index (χ3v) is 4.25. The second-order valence-electron chi connectivity index (χ2n) is 6.29. The van der Waals surface area contributed by atoms with E-state index in [1.807, 2.05) is 0 Å². The maximum absolute atomic E-state index is 12.0. The molecule has 0 aromatic carbocycles. The van der Waals surface area contributed by atoms with Gasteiger partial charge in [-0.1, -0.05) is 27.7 Å². The summed E-state index contributed by atoms with van der Waals surface area (Å²) in [6.07, 6.45) is 2.59. The van der Waals surface area contributed by atoms with Gasteiger partial charge in [0.2, 0.25) is 10.0 Å². The smallest absolute Gasteiger partial charge is 0.217 e. The number of aryl methyl sites for hydroxylation is 1. The molecule has 1 heterocycles.